The van der Waals surface area contributed by atoms with Gasteiger partial charge in [0.25, 0.3) is 5.69 Å². The molecule has 1 aromatic rings. The number of aryl methyl sites for hydroxylation is 1. The molecule has 1 rings (SSSR count). The summed E-state index contributed by atoms with van der Waals surface area (Å²) in [6.45, 7) is 4.54. The van der Waals surface area contributed by atoms with Crippen LogP contribution in [0.4, 0.5) is 11.4 Å². The van der Waals surface area contributed by atoms with Crippen molar-refractivity contribution in [1.29, 1.82) is 0 Å². The van der Waals surface area contributed by atoms with Crippen LogP contribution in [0.2, 0.25) is 5.02 Å². The van der Waals surface area contributed by atoms with Gasteiger partial charge in [0.1, 0.15) is 5.69 Å². The first kappa shape index (κ1) is 12.8. The van der Waals surface area contributed by atoms with Crippen LogP contribution in [0.3, 0.4) is 0 Å². The van der Waals surface area contributed by atoms with Crippen molar-refractivity contribution in [2.45, 2.75) is 26.7 Å². The molecule has 1 aromatic carbocycles. The number of hydrogen-bond donors (Lipinski definition) is 1. The molecule has 0 bridgehead atoms. The van der Waals surface area contributed by atoms with E-state index in [1.54, 1.807) is 13.0 Å². The van der Waals surface area contributed by atoms with Gasteiger partial charge >= 0.3 is 0 Å². The third kappa shape index (κ3) is 3.10. The van der Waals surface area contributed by atoms with Crippen LogP contribution < -0.4 is 5.32 Å². The highest BCUT2D eigenvalue weighted by Gasteiger charge is 2.15. The average Bonchev–Trinajstić information content (AvgIpc) is 2.23. The number of rotatable bonds is 5. The molecule has 16 heavy (non-hydrogen) atoms. The summed E-state index contributed by atoms with van der Waals surface area (Å²) in [5, 5.41) is 14.4. The highest BCUT2D eigenvalue weighted by molar-refractivity contribution is 6.31. The first-order valence-corrected chi connectivity index (χ1v) is 5.62. The summed E-state index contributed by atoms with van der Waals surface area (Å²) in [5.41, 5.74) is 1.29. The molecule has 0 amide bonds. The van der Waals surface area contributed by atoms with E-state index in [1.807, 2.05) is 0 Å². The maximum atomic E-state index is 10.8. The zero-order valence-electron chi connectivity index (χ0n) is 9.42. The van der Waals surface area contributed by atoms with Crippen LogP contribution in [-0.2, 0) is 0 Å². The number of nitro groups is 1. The normalized spacial score (nSPS) is 10.2. The summed E-state index contributed by atoms with van der Waals surface area (Å²) in [6, 6.07) is 3.11. The first-order chi connectivity index (χ1) is 7.56. The molecule has 0 aliphatic carbocycles. The molecule has 0 aromatic heterocycles. The molecule has 5 heteroatoms. The van der Waals surface area contributed by atoms with Crippen LogP contribution in [0, 0.1) is 17.0 Å². The maximum Gasteiger partial charge on any atom is 0.292 e. The van der Waals surface area contributed by atoms with Gasteiger partial charge in [0, 0.05) is 17.6 Å². The van der Waals surface area contributed by atoms with Crippen molar-refractivity contribution in [2.24, 2.45) is 0 Å². The molecule has 1 N–H and O–H groups in total. The van der Waals surface area contributed by atoms with Gasteiger partial charge in [0.2, 0.25) is 0 Å². The fourth-order valence-electron chi connectivity index (χ4n) is 1.36. The Labute approximate surface area is 99.8 Å². The van der Waals surface area contributed by atoms with Gasteiger partial charge in [-0.2, -0.15) is 0 Å². The Morgan fingerprint density at radius 1 is 1.50 bits per heavy atom. The molecular weight excluding hydrogens is 228 g/mol. The summed E-state index contributed by atoms with van der Waals surface area (Å²) in [7, 11) is 0. The molecule has 0 spiro atoms. The van der Waals surface area contributed by atoms with Gasteiger partial charge in [0.05, 0.1) is 4.92 Å². The molecule has 0 saturated carbocycles. The molecule has 0 fully saturated rings. The van der Waals surface area contributed by atoms with Crippen LogP contribution in [0.25, 0.3) is 0 Å². The van der Waals surface area contributed by atoms with E-state index in [-0.39, 0.29) is 5.69 Å². The minimum absolute atomic E-state index is 0.0815. The second-order valence-corrected chi connectivity index (χ2v) is 4.06. The molecule has 0 radical (unpaired) electrons. The van der Waals surface area contributed by atoms with Crippen molar-refractivity contribution in [3.8, 4) is 0 Å². The number of nitrogens with one attached hydrogen (secondary N) is 1. The fourth-order valence-corrected chi connectivity index (χ4v) is 1.52. The summed E-state index contributed by atoms with van der Waals surface area (Å²) in [6.07, 6.45) is 2.02. The van der Waals surface area contributed by atoms with E-state index >= 15 is 0 Å². The summed E-state index contributed by atoms with van der Waals surface area (Å²) >= 11 is 5.94. The van der Waals surface area contributed by atoms with E-state index in [0.29, 0.717) is 10.7 Å². The minimum Gasteiger partial charge on any atom is -0.379 e. The SMILES string of the molecule is CCCCNc1cc(Cl)c(C)cc1[N+](=O)[O-]. The second kappa shape index (κ2) is 5.70. The summed E-state index contributed by atoms with van der Waals surface area (Å²) in [4.78, 5) is 10.4. The highest BCUT2D eigenvalue weighted by Crippen LogP contribution is 2.30. The summed E-state index contributed by atoms with van der Waals surface area (Å²) < 4.78 is 0. The molecule has 0 atom stereocenters. The molecule has 0 saturated heterocycles. The van der Waals surface area contributed by atoms with Gasteiger partial charge in [-0.25, -0.2) is 0 Å². The Morgan fingerprint density at radius 3 is 2.75 bits per heavy atom. The Hall–Kier alpha value is -1.29. The van der Waals surface area contributed by atoms with Gasteiger partial charge in [-0.05, 0) is 25.0 Å². The van der Waals surface area contributed by atoms with Crippen molar-refractivity contribution in [2.75, 3.05) is 11.9 Å². The third-order valence-corrected chi connectivity index (χ3v) is 2.73. The smallest absolute Gasteiger partial charge is 0.292 e. The van der Waals surface area contributed by atoms with Crippen molar-refractivity contribution in [3.05, 3.63) is 32.8 Å². The van der Waals surface area contributed by atoms with E-state index in [0.717, 1.165) is 24.9 Å². The van der Waals surface area contributed by atoms with Crippen LogP contribution in [0.15, 0.2) is 12.1 Å². The average molecular weight is 243 g/mol. The van der Waals surface area contributed by atoms with E-state index in [1.165, 1.54) is 6.07 Å². The largest absolute Gasteiger partial charge is 0.379 e. The molecular formula is C11H15ClN2O2. The Morgan fingerprint density at radius 2 is 2.19 bits per heavy atom. The van der Waals surface area contributed by atoms with Crippen LogP contribution in [-0.4, -0.2) is 11.5 Å². The predicted molar refractivity (Wildman–Crippen MR) is 66.2 cm³/mol. The van der Waals surface area contributed by atoms with E-state index in [4.69, 9.17) is 11.6 Å². The highest BCUT2D eigenvalue weighted by atomic mass is 35.5. The summed E-state index contributed by atoms with van der Waals surface area (Å²) in [5.74, 6) is 0. The maximum absolute atomic E-state index is 10.8. The molecule has 4 nitrogen and oxygen atoms in total. The van der Waals surface area contributed by atoms with Gasteiger partial charge in [-0.3, -0.25) is 10.1 Å². The van der Waals surface area contributed by atoms with Crippen molar-refractivity contribution in [3.63, 3.8) is 0 Å². The standard InChI is InChI=1S/C11H15ClN2O2/c1-3-4-5-13-10-7-9(12)8(2)6-11(10)14(15)16/h6-7,13H,3-5H2,1-2H3. The lowest BCUT2D eigenvalue weighted by Crippen LogP contribution is -2.04. The van der Waals surface area contributed by atoms with Crippen LogP contribution in [0.5, 0.6) is 0 Å². The Balaban J connectivity index is 2.95. The lowest BCUT2D eigenvalue weighted by Gasteiger charge is -2.08. The molecule has 0 aliphatic heterocycles. The van der Waals surface area contributed by atoms with Gasteiger partial charge in [-0.15, -0.1) is 0 Å². The molecule has 0 aliphatic rings. The Kier molecular flexibility index (Phi) is 4.55. The minimum atomic E-state index is -0.391. The van der Waals surface area contributed by atoms with Crippen molar-refractivity contribution in [1.82, 2.24) is 0 Å². The van der Waals surface area contributed by atoms with E-state index < -0.39 is 4.92 Å². The quantitative estimate of drug-likeness (QED) is 0.486. The molecule has 0 heterocycles. The third-order valence-electron chi connectivity index (χ3n) is 2.32. The first-order valence-electron chi connectivity index (χ1n) is 5.24. The predicted octanol–water partition coefficient (Wildman–Crippen LogP) is 3.77. The van der Waals surface area contributed by atoms with Gasteiger partial charge in [-0.1, -0.05) is 24.9 Å². The van der Waals surface area contributed by atoms with Crippen LogP contribution >= 0.6 is 11.6 Å². The number of benzene rings is 1. The second-order valence-electron chi connectivity index (χ2n) is 3.66. The number of hydrogen-bond acceptors (Lipinski definition) is 3. The monoisotopic (exact) mass is 242 g/mol. The van der Waals surface area contributed by atoms with Crippen molar-refractivity contribution >= 4 is 23.0 Å². The number of halogens is 1. The van der Waals surface area contributed by atoms with Gasteiger partial charge in [0.15, 0.2) is 0 Å². The Bertz CT molecular complexity index is 394. The van der Waals surface area contributed by atoms with Crippen molar-refractivity contribution < 1.29 is 4.92 Å². The zero-order chi connectivity index (χ0) is 12.1. The number of nitrogens with zero attached hydrogens (tertiary/aromatic N) is 1. The lowest BCUT2D eigenvalue weighted by molar-refractivity contribution is -0.384. The fraction of sp³-hybridized carbons (Fsp3) is 0.455. The number of unbranched alkanes of at least 4 members (excludes halogenated alkanes) is 1. The topological polar surface area (TPSA) is 55.2 Å². The van der Waals surface area contributed by atoms with Crippen LogP contribution in [0.1, 0.15) is 25.3 Å². The zero-order valence-corrected chi connectivity index (χ0v) is 10.2. The van der Waals surface area contributed by atoms with Gasteiger partial charge < -0.3 is 5.32 Å². The molecule has 88 valence electrons. The van der Waals surface area contributed by atoms with E-state index in [9.17, 15) is 10.1 Å². The number of anilines is 1. The lowest BCUT2D eigenvalue weighted by atomic mass is 10.2. The van der Waals surface area contributed by atoms with E-state index in [2.05, 4.69) is 12.2 Å². The number of nitro benzene ring substituents is 1. The molecule has 0 unspecified atom stereocenters.